The van der Waals surface area contributed by atoms with E-state index in [0.717, 1.165) is 23.5 Å². The standard InChI is InChI=1S/C13H12N4O3.Na/c18-10-4-1-8(2-5-10)13(19)15-14-9-3-6-11-12(7-9)17-20-16-11;/h1-2,4-5,18H,3,6-7H2,(H,15,19);/q;+1/b14-9+;. The molecule has 0 saturated heterocycles. The molecule has 1 aliphatic carbocycles. The van der Waals surface area contributed by atoms with E-state index in [1.165, 1.54) is 24.3 Å². The van der Waals surface area contributed by atoms with Crippen LogP contribution in [0.25, 0.3) is 0 Å². The van der Waals surface area contributed by atoms with Gasteiger partial charge in [0.2, 0.25) is 0 Å². The Morgan fingerprint density at radius 2 is 1.90 bits per heavy atom. The van der Waals surface area contributed by atoms with E-state index in [4.69, 9.17) is 5.11 Å². The zero-order valence-electron chi connectivity index (χ0n) is 11.5. The van der Waals surface area contributed by atoms with Gasteiger partial charge < -0.3 is 5.11 Å². The Morgan fingerprint density at radius 3 is 2.67 bits per heavy atom. The second-order valence-electron chi connectivity index (χ2n) is 4.50. The van der Waals surface area contributed by atoms with E-state index in [1.807, 2.05) is 0 Å². The number of nitrogens with zero attached hydrogens (tertiary/aromatic N) is 3. The van der Waals surface area contributed by atoms with Gasteiger partial charge in [-0.15, -0.1) is 0 Å². The molecule has 1 aromatic heterocycles. The van der Waals surface area contributed by atoms with Crippen LogP contribution in [0.2, 0.25) is 0 Å². The van der Waals surface area contributed by atoms with Crippen LogP contribution in [0, 0.1) is 0 Å². The molecule has 1 aromatic carbocycles. The summed E-state index contributed by atoms with van der Waals surface area (Å²) in [6.45, 7) is 0. The van der Waals surface area contributed by atoms with Gasteiger partial charge in [-0.1, -0.05) is 10.3 Å². The molecule has 8 heteroatoms. The van der Waals surface area contributed by atoms with E-state index in [9.17, 15) is 4.79 Å². The first-order chi connectivity index (χ1) is 9.72. The number of phenolic OH excluding ortho intramolecular Hbond substituents is 1. The minimum atomic E-state index is -0.318. The van der Waals surface area contributed by atoms with Crippen molar-refractivity contribution in [2.24, 2.45) is 5.10 Å². The Bertz CT molecular complexity index is 666. The molecule has 0 spiro atoms. The monoisotopic (exact) mass is 295 g/mol. The summed E-state index contributed by atoms with van der Waals surface area (Å²) < 4.78 is 4.66. The SMILES string of the molecule is O=C(N/N=C1\CCc2nonc2C1)c1ccc(O)cc1.[Na+]. The molecule has 0 saturated carbocycles. The third-order valence-electron chi connectivity index (χ3n) is 3.10. The maximum atomic E-state index is 11.8. The summed E-state index contributed by atoms with van der Waals surface area (Å²) in [6, 6.07) is 5.97. The molecular weight excluding hydrogens is 283 g/mol. The molecule has 21 heavy (non-hydrogen) atoms. The van der Waals surface area contributed by atoms with E-state index in [1.54, 1.807) is 0 Å². The Labute approximate surface area is 142 Å². The number of nitrogens with one attached hydrogen (secondary N) is 1. The van der Waals surface area contributed by atoms with Crippen LogP contribution in [-0.2, 0) is 12.8 Å². The van der Waals surface area contributed by atoms with Gasteiger partial charge in [0.1, 0.15) is 17.1 Å². The normalized spacial score (nSPS) is 15.1. The van der Waals surface area contributed by atoms with Crippen LogP contribution < -0.4 is 35.0 Å². The van der Waals surface area contributed by atoms with Crippen molar-refractivity contribution in [1.29, 1.82) is 0 Å². The third kappa shape index (κ3) is 3.69. The number of amides is 1. The molecule has 0 bridgehead atoms. The van der Waals surface area contributed by atoms with Gasteiger partial charge >= 0.3 is 29.6 Å². The van der Waals surface area contributed by atoms with Crippen LogP contribution in [0.3, 0.4) is 0 Å². The molecule has 1 aliphatic rings. The van der Waals surface area contributed by atoms with E-state index >= 15 is 0 Å². The number of hydrogen-bond donors (Lipinski definition) is 2. The number of hydrogen-bond acceptors (Lipinski definition) is 6. The van der Waals surface area contributed by atoms with Crippen molar-refractivity contribution in [3.63, 3.8) is 0 Å². The van der Waals surface area contributed by atoms with E-state index < -0.39 is 0 Å². The van der Waals surface area contributed by atoms with Gasteiger partial charge in [0.05, 0.1) is 0 Å². The second-order valence-corrected chi connectivity index (χ2v) is 4.50. The van der Waals surface area contributed by atoms with E-state index in [-0.39, 0.29) is 41.2 Å². The van der Waals surface area contributed by atoms with Crippen molar-refractivity contribution in [2.45, 2.75) is 19.3 Å². The molecule has 0 radical (unpaired) electrons. The first-order valence-corrected chi connectivity index (χ1v) is 6.17. The number of aromatic nitrogens is 2. The van der Waals surface area contributed by atoms with Crippen molar-refractivity contribution in [2.75, 3.05) is 0 Å². The van der Waals surface area contributed by atoms with Gasteiger partial charge in [0, 0.05) is 24.1 Å². The Kier molecular flexibility index (Phi) is 5.11. The van der Waals surface area contributed by atoms with Crippen LogP contribution in [-0.4, -0.2) is 27.0 Å². The third-order valence-corrected chi connectivity index (χ3v) is 3.10. The number of benzene rings is 1. The minimum Gasteiger partial charge on any atom is -0.508 e. The number of phenols is 1. The predicted octanol–water partition coefficient (Wildman–Crippen LogP) is -1.95. The number of hydrazone groups is 1. The summed E-state index contributed by atoms with van der Waals surface area (Å²) in [6.07, 6.45) is 1.97. The quantitative estimate of drug-likeness (QED) is 0.495. The molecule has 0 unspecified atom stereocenters. The first kappa shape index (κ1) is 15.7. The number of fused-ring (bicyclic) bond motifs is 1. The summed E-state index contributed by atoms with van der Waals surface area (Å²) in [5.74, 6) is -0.201. The predicted molar refractivity (Wildman–Crippen MR) is 69.3 cm³/mol. The average Bonchev–Trinajstić information content (AvgIpc) is 2.93. The van der Waals surface area contributed by atoms with E-state index in [2.05, 4.69) is 25.5 Å². The fourth-order valence-electron chi connectivity index (χ4n) is 2.00. The Hall–Kier alpha value is -1.70. The number of carbonyl (C=O) groups excluding carboxylic acids is 1. The smallest absolute Gasteiger partial charge is 0.508 e. The fourth-order valence-corrected chi connectivity index (χ4v) is 2.00. The van der Waals surface area contributed by atoms with Gasteiger partial charge in [-0.2, -0.15) is 5.10 Å². The molecular formula is C13H12N4NaO3+. The van der Waals surface area contributed by atoms with Crippen molar-refractivity contribution >= 4 is 11.6 Å². The fraction of sp³-hybridized carbons (Fsp3) is 0.231. The van der Waals surface area contributed by atoms with Gasteiger partial charge in [-0.05, 0) is 30.7 Å². The topological polar surface area (TPSA) is 101 Å². The number of aryl methyl sites for hydroxylation is 1. The molecule has 1 heterocycles. The van der Waals surface area contributed by atoms with Gasteiger partial charge in [0.15, 0.2) is 0 Å². The largest absolute Gasteiger partial charge is 1.00 e. The van der Waals surface area contributed by atoms with Gasteiger partial charge in [-0.3, -0.25) is 4.79 Å². The van der Waals surface area contributed by atoms with Crippen molar-refractivity contribution in [3.8, 4) is 5.75 Å². The maximum Gasteiger partial charge on any atom is 1.00 e. The summed E-state index contributed by atoms with van der Waals surface area (Å²) >= 11 is 0. The van der Waals surface area contributed by atoms with Gasteiger partial charge in [0.25, 0.3) is 5.91 Å². The zero-order valence-corrected chi connectivity index (χ0v) is 13.5. The molecule has 0 atom stereocenters. The Morgan fingerprint density at radius 1 is 1.19 bits per heavy atom. The van der Waals surface area contributed by atoms with Crippen LogP contribution >= 0.6 is 0 Å². The first-order valence-electron chi connectivity index (χ1n) is 6.17. The van der Waals surface area contributed by atoms with Gasteiger partial charge in [-0.25, -0.2) is 10.1 Å². The molecule has 2 aromatic rings. The molecule has 1 amide bonds. The maximum absolute atomic E-state index is 11.8. The molecule has 2 N–H and O–H groups in total. The van der Waals surface area contributed by atoms with Crippen molar-refractivity contribution < 1.29 is 44.1 Å². The summed E-state index contributed by atoms with van der Waals surface area (Å²) in [4.78, 5) is 11.8. The van der Waals surface area contributed by atoms with Crippen LogP contribution in [0.5, 0.6) is 5.75 Å². The summed E-state index contributed by atoms with van der Waals surface area (Å²) in [5.41, 5.74) is 5.40. The second kappa shape index (κ2) is 6.84. The molecule has 3 rings (SSSR count). The van der Waals surface area contributed by atoms with Crippen LogP contribution in [0.4, 0.5) is 0 Å². The Balaban J connectivity index is 0.00000161. The zero-order chi connectivity index (χ0) is 13.9. The molecule has 0 fully saturated rings. The average molecular weight is 295 g/mol. The summed E-state index contributed by atoms with van der Waals surface area (Å²) in [7, 11) is 0. The molecule has 7 nitrogen and oxygen atoms in total. The van der Waals surface area contributed by atoms with Crippen LogP contribution in [0.15, 0.2) is 34.0 Å². The number of aromatic hydroxyl groups is 1. The van der Waals surface area contributed by atoms with Crippen molar-refractivity contribution in [3.05, 3.63) is 41.2 Å². The summed E-state index contributed by atoms with van der Waals surface area (Å²) in [5, 5.41) is 20.9. The molecule has 102 valence electrons. The molecule has 0 aliphatic heterocycles. The van der Waals surface area contributed by atoms with E-state index in [0.29, 0.717) is 18.4 Å². The number of carbonyl (C=O) groups is 1. The van der Waals surface area contributed by atoms with Crippen molar-refractivity contribution in [1.82, 2.24) is 15.7 Å². The number of rotatable bonds is 2. The van der Waals surface area contributed by atoms with Crippen LogP contribution in [0.1, 0.15) is 28.2 Å². The minimum absolute atomic E-state index is 0.